The summed E-state index contributed by atoms with van der Waals surface area (Å²) in [6.07, 6.45) is 6.91. The number of thioether (sulfide) groups is 1. The van der Waals surface area contributed by atoms with Crippen LogP contribution in [0.3, 0.4) is 0 Å². The average Bonchev–Trinajstić information content (AvgIpc) is 3.27. The topological polar surface area (TPSA) is 37.8 Å². The number of unbranched alkanes of at least 4 members (excludes halogenated alkanes) is 1. The van der Waals surface area contributed by atoms with Crippen LogP contribution in [0.4, 0.5) is 0 Å². The van der Waals surface area contributed by atoms with Crippen LogP contribution in [0.15, 0.2) is 35.6 Å². The molecule has 3 nitrogen and oxygen atoms in total. The molecule has 0 spiro atoms. The highest BCUT2D eigenvalue weighted by Crippen LogP contribution is 2.25. The van der Waals surface area contributed by atoms with Gasteiger partial charge in [-0.3, -0.25) is 0 Å². The zero-order valence-corrected chi connectivity index (χ0v) is 11.8. The number of hydrogen-bond acceptors (Lipinski definition) is 4. The highest BCUT2D eigenvalue weighted by molar-refractivity contribution is 7.99. The molecule has 3 rings (SSSR count). The molecule has 0 unspecified atom stereocenters. The van der Waals surface area contributed by atoms with Gasteiger partial charge >= 0.3 is 0 Å². The highest BCUT2D eigenvalue weighted by Gasteiger charge is 2.19. The third-order valence-corrected chi connectivity index (χ3v) is 4.42. The maximum atomic E-state index is 4.40. The quantitative estimate of drug-likeness (QED) is 0.477. The number of benzene rings is 1. The molecule has 0 bridgehead atoms. The lowest BCUT2D eigenvalue weighted by atomic mass is 10.2. The van der Waals surface area contributed by atoms with E-state index < -0.39 is 0 Å². The first-order chi connectivity index (χ1) is 9.43. The summed E-state index contributed by atoms with van der Waals surface area (Å²) < 4.78 is 0. The van der Waals surface area contributed by atoms with Crippen LogP contribution in [0.2, 0.25) is 0 Å². The Balaban J connectivity index is 1.47. The van der Waals surface area contributed by atoms with E-state index in [1.165, 1.54) is 31.1 Å². The van der Waals surface area contributed by atoms with Gasteiger partial charge in [-0.25, -0.2) is 9.97 Å². The van der Waals surface area contributed by atoms with Crippen LogP contribution < -0.4 is 5.32 Å². The van der Waals surface area contributed by atoms with E-state index in [-0.39, 0.29) is 0 Å². The summed E-state index contributed by atoms with van der Waals surface area (Å²) in [6.45, 7) is 1.16. The van der Waals surface area contributed by atoms with Crippen molar-refractivity contribution >= 4 is 22.7 Å². The second kappa shape index (κ2) is 6.35. The Hall–Kier alpha value is -1.13. The smallest absolute Gasteiger partial charge is 0.117 e. The zero-order chi connectivity index (χ0) is 12.9. The molecular weight excluding hydrogens is 254 g/mol. The normalized spacial score (nSPS) is 14.9. The fourth-order valence-corrected chi connectivity index (χ4v) is 3.08. The molecule has 0 amide bonds. The van der Waals surface area contributed by atoms with Gasteiger partial charge in [-0.05, 0) is 44.0 Å². The van der Waals surface area contributed by atoms with E-state index in [1.807, 2.05) is 23.9 Å². The molecule has 1 N–H and O–H groups in total. The first kappa shape index (κ1) is 12.9. The molecule has 4 heteroatoms. The van der Waals surface area contributed by atoms with Gasteiger partial charge < -0.3 is 5.32 Å². The van der Waals surface area contributed by atoms with Crippen molar-refractivity contribution in [2.24, 2.45) is 0 Å². The Morgan fingerprint density at radius 1 is 1.16 bits per heavy atom. The highest BCUT2D eigenvalue weighted by atomic mass is 32.2. The largest absolute Gasteiger partial charge is 0.314 e. The van der Waals surface area contributed by atoms with Crippen molar-refractivity contribution in [1.29, 1.82) is 0 Å². The van der Waals surface area contributed by atoms with Crippen LogP contribution in [0.5, 0.6) is 0 Å². The van der Waals surface area contributed by atoms with Crippen molar-refractivity contribution in [3.63, 3.8) is 0 Å². The predicted octanol–water partition coefficient (Wildman–Crippen LogP) is 3.25. The van der Waals surface area contributed by atoms with Crippen LogP contribution in [0.1, 0.15) is 25.7 Å². The van der Waals surface area contributed by atoms with Crippen molar-refractivity contribution in [2.45, 2.75) is 36.8 Å². The molecular formula is C15H19N3S. The number of nitrogens with zero attached hydrogens (tertiary/aromatic N) is 2. The maximum Gasteiger partial charge on any atom is 0.117 e. The van der Waals surface area contributed by atoms with Gasteiger partial charge in [0.1, 0.15) is 11.4 Å². The van der Waals surface area contributed by atoms with Gasteiger partial charge in [0.25, 0.3) is 0 Å². The van der Waals surface area contributed by atoms with Gasteiger partial charge in [0.05, 0.1) is 5.52 Å². The van der Waals surface area contributed by atoms with Crippen LogP contribution in [-0.4, -0.2) is 28.3 Å². The number of fused-ring (bicyclic) bond motifs is 1. The number of nitrogens with one attached hydrogen (secondary N) is 1. The van der Waals surface area contributed by atoms with Crippen molar-refractivity contribution in [3.05, 3.63) is 30.6 Å². The Morgan fingerprint density at radius 2 is 2.05 bits per heavy atom. The molecule has 1 aromatic carbocycles. The minimum atomic E-state index is 0.832. The van der Waals surface area contributed by atoms with Crippen molar-refractivity contribution < 1.29 is 0 Å². The van der Waals surface area contributed by atoms with E-state index in [0.717, 1.165) is 28.9 Å². The summed E-state index contributed by atoms with van der Waals surface area (Å²) in [5.41, 5.74) is 1.04. The molecule has 1 saturated carbocycles. The fourth-order valence-electron chi connectivity index (χ4n) is 2.08. The summed E-state index contributed by atoms with van der Waals surface area (Å²) in [4.78, 5) is 8.69. The molecule has 1 heterocycles. The Labute approximate surface area is 118 Å². The van der Waals surface area contributed by atoms with E-state index in [4.69, 9.17) is 0 Å². The lowest BCUT2D eigenvalue weighted by Crippen LogP contribution is -2.17. The van der Waals surface area contributed by atoms with Gasteiger partial charge in [0, 0.05) is 11.4 Å². The fraction of sp³-hybridized carbons (Fsp3) is 0.467. The summed E-state index contributed by atoms with van der Waals surface area (Å²) >= 11 is 1.85. The molecule has 0 saturated heterocycles. The molecule has 1 aromatic heterocycles. The summed E-state index contributed by atoms with van der Waals surface area (Å²) in [7, 11) is 0. The molecule has 1 aliphatic carbocycles. The van der Waals surface area contributed by atoms with Crippen molar-refractivity contribution in [3.8, 4) is 0 Å². The van der Waals surface area contributed by atoms with E-state index in [1.54, 1.807) is 6.33 Å². The van der Waals surface area contributed by atoms with Gasteiger partial charge in [-0.2, -0.15) is 0 Å². The Bertz CT molecular complexity index is 534. The minimum Gasteiger partial charge on any atom is -0.314 e. The second-order valence-corrected chi connectivity index (χ2v) is 6.06. The van der Waals surface area contributed by atoms with Crippen LogP contribution >= 0.6 is 11.8 Å². The standard InChI is InChI=1S/C15H19N3S/c1-2-6-14-13(5-1)15(18-11-17-14)19-10-4-3-9-16-12-7-8-12/h1-2,5-6,11-12,16H,3-4,7-10H2. The second-order valence-electron chi connectivity index (χ2n) is 4.98. The molecule has 1 fully saturated rings. The van der Waals surface area contributed by atoms with Gasteiger partial charge in [0.15, 0.2) is 0 Å². The average molecular weight is 273 g/mol. The Kier molecular flexibility index (Phi) is 4.30. The van der Waals surface area contributed by atoms with Crippen LogP contribution in [0, 0.1) is 0 Å². The van der Waals surface area contributed by atoms with Crippen LogP contribution in [0.25, 0.3) is 10.9 Å². The number of rotatable bonds is 7. The number of para-hydroxylation sites is 1. The van der Waals surface area contributed by atoms with E-state index in [9.17, 15) is 0 Å². The van der Waals surface area contributed by atoms with E-state index >= 15 is 0 Å². The number of aromatic nitrogens is 2. The van der Waals surface area contributed by atoms with Crippen molar-refractivity contribution in [2.75, 3.05) is 12.3 Å². The third-order valence-electron chi connectivity index (χ3n) is 3.33. The molecule has 0 radical (unpaired) electrons. The lowest BCUT2D eigenvalue weighted by molar-refractivity contribution is 0.640. The van der Waals surface area contributed by atoms with Gasteiger partial charge in [-0.1, -0.05) is 18.2 Å². The zero-order valence-electron chi connectivity index (χ0n) is 11.0. The van der Waals surface area contributed by atoms with E-state index in [2.05, 4.69) is 27.4 Å². The Morgan fingerprint density at radius 3 is 2.95 bits per heavy atom. The SMILES string of the molecule is c1ccc2c(SCCCCNC3CC3)ncnc2c1. The summed E-state index contributed by atoms with van der Waals surface area (Å²) in [5.74, 6) is 1.13. The monoisotopic (exact) mass is 273 g/mol. The first-order valence-corrected chi connectivity index (χ1v) is 7.98. The van der Waals surface area contributed by atoms with Gasteiger partial charge in [0.2, 0.25) is 0 Å². The predicted molar refractivity (Wildman–Crippen MR) is 80.5 cm³/mol. The molecule has 1 aliphatic rings. The summed E-state index contributed by atoms with van der Waals surface area (Å²) in [6, 6.07) is 9.05. The van der Waals surface area contributed by atoms with E-state index in [0.29, 0.717) is 0 Å². The maximum absolute atomic E-state index is 4.40. The number of hydrogen-bond donors (Lipinski definition) is 1. The third kappa shape index (κ3) is 3.67. The minimum absolute atomic E-state index is 0.832. The molecule has 0 atom stereocenters. The van der Waals surface area contributed by atoms with Crippen molar-refractivity contribution in [1.82, 2.24) is 15.3 Å². The van der Waals surface area contributed by atoms with Gasteiger partial charge in [-0.15, -0.1) is 11.8 Å². The molecule has 100 valence electrons. The summed E-state index contributed by atoms with van der Waals surface area (Å²) in [5, 5.41) is 5.83. The van der Waals surface area contributed by atoms with Crippen LogP contribution in [-0.2, 0) is 0 Å². The molecule has 2 aromatic rings. The first-order valence-electron chi connectivity index (χ1n) is 6.99. The lowest BCUT2D eigenvalue weighted by Gasteiger charge is -2.05. The molecule has 19 heavy (non-hydrogen) atoms. The molecule has 0 aliphatic heterocycles.